The Morgan fingerprint density at radius 3 is 2.19 bits per heavy atom. The number of carbonyl (C=O) groups is 1. The molecule has 0 aromatic rings. The van der Waals surface area contributed by atoms with E-state index >= 15 is 0 Å². The van der Waals surface area contributed by atoms with Gasteiger partial charge in [-0.3, -0.25) is 4.79 Å². The number of hydrogen-bond donors (Lipinski definition) is 1. The first-order valence-corrected chi connectivity index (χ1v) is 7.28. The van der Waals surface area contributed by atoms with E-state index in [0.717, 1.165) is 36.3 Å². The standard InChI is InChI=1S/C13H25NOS/c1-5-9-11(10-6-2)14-13(15)12(7-3)16-8-4/h7,11H,5-6,8-10H2,1-4H3,(H,14,15)/b12-7-. The van der Waals surface area contributed by atoms with Gasteiger partial charge in [0.25, 0.3) is 5.91 Å². The van der Waals surface area contributed by atoms with Crippen LogP contribution in [0.1, 0.15) is 53.4 Å². The van der Waals surface area contributed by atoms with Crippen molar-refractivity contribution in [1.29, 1.82) is 0 Å². The highest BCUT2D eigenvalue weighted by Gasteiger charge is 2.13. The van der Waals surface area contributed by atoms with Crippen molar-refractivity contribution in [1.82, 2.24) is 5.32 Å². The van der Waals surface area contributed by atoms with Gasteiger partial charge >= 0.3 is 0 Å². The van der Waals surface area contributed by atoms with E-state index in [-0.39, 0.29) is 5.91 Å². The molecule has 94 valence electrons. The van der Waals surface area contributed by atoms with E-state index < -0.39 is 0 Å². The molecule has 16 heavy (non-hydrogen) atoms. The van der Waals surface area contributed by atoms with E-state index in [1.807, 2.05) is 13.0 Å². The number of allylic oxidation sites excluding steroid dienone is 1. The van der Waals surface area contributed by atoms with E-state index in [1.165, 1.54) is 0 Å². The minimum atomic E-state index is 0.0984. The SMILES string of the molecule is C/C=C(\SCC)C(=O)NC(CCC)CCC. The summed E-state index contributed by atoms with van der Waals surface area (Å²) >= 11 is 1.61. The van der Waals surface area contributed by atoms with Gasteiger partial charge in [-0.05, 0) is 25.5 Å². The van der Waals surface area contributed by atoms with E-state index in [0.29, 0.717) is 6.04 Å². The largest absolute Gasteiger partial charge is 0.349 e. The maximum atomic E-state index is 11.9. The van der Waals surface area contributed by atoms with Crippen LogP contribution in [0.5, 0.6) is 0 Å². The molecule has 0 aliphatic heterocycles. The van der Waals surface area contributed by atoms with E-state index in [9.17, 15) is 4.79 Å². The van der Waals surface area contributed by atoms with Crippen LogP contribution in [0.15, 0.2) is 11.0 Å². The number of hydrogen-bond acceptors (Lipinski definition) is 2. The fourth-order valence-corrected chi connectivity index (χ4v) is 2.35. The van der Waals surface area contributed by atoms with Crippen molar-refractivity contribution in [3.8, 4) is 0 Å². The van der Waals surface area contributed by atoms with Crippen molar-refractivity contribution < 1.29 is 4.79 Å². The molecular weight excluding hydrogens is 218 g/mol. The molecule has 2 nitrogen and oxygen atoms in total. The molecule has 0 atom stereocenters. The topological polar surface area (TPSA) is 29.1 Å². The van der Waals surface area contributed by atoms with Crippen LogP contribution in [0, 0.1) is 0 Å². The highest BCUT2D eigenvalue weighted by molar-refractivity contribution is 8.03. The highest BCUT2D eigenvalue weighted by atomic mass is 32.2. The van der Waals surface area contributed by atoms with Crippen molar-refractivity contribution in [2.24, 2.45) is 0 Å². The molecule has 0 fully saturated rings. The Hall–Kier alpha value is -0.440. The van der Waals surface area contributed by atoms with Crippen LogP contribution >= 0.6 is 11.8 Å². The van der Waals surface area contributed by atoms with Gasteiger partial charge in [-0.1, -0.05) is 39.7 Å². The van der Waals surface area contributed by atoms with Crippen LogP contribution in [0.25, 0.3) is 0 Å². The summed E-state index contributed by atoms with van der Waals surface area (Å²) in [7, 11) is 0. The Balaban J connectivity index is 4.25. The Labute approximate surface area is 104 Å². The summed E-state index contributed by atoms with van der Waals surface area (Å²) in [6.45, 7) is 8.31. The van der Waals surface area contributed by atoms with Crippen LogP contribution in [-0.4, -0.2) is 17.7 Å². The first kappa shape index (κ1) is 15.6. The van der Waals surface area contributed by atoms with Gasteiger partial charge in [0.05, 0.1) is 4.91 Å². The van der Waals surface area contributed by atoms with Gasteiger partial charge in [0.1, 0.15) is 0 Å². The molecule has 0 spiro atoms. The van der Waals surface area contributed by atoms with Gasteiger partial charge < -0.3 is 5.32 Å². The molecule has 0 rings (SSSR count). The first-order chi connectivity index (χ1) is 7.69. The lowest BCUT2D eigenvalue weighted by atomic mass is 10.1. The molecule has 0 aliphatic carbocycles. The van der Waals surface area contributed by atoms with Crippen molar-refractivity contribution >= 4 is 17.7 Å². The predicted molar refractivity (Wildman–Crippen MR) is 73.6 cm³/mol. The molecule has 0 saturated heterocycles. The number of amides is 1. The number of thioether (sulfide) groups is 1. The smallest absolute Gasteiger partial charge is 0.257 e. The fourth-order valence-electron chi connectivity index (χ4n) is 1.68. The third kappa shape index (κ3) is 6.21. The van der Waals surface area contributed by atoms with Crippen LogP contribution < -0.4 is 5.32 Å². The molecule has 0 bridgehead atoms. The second-order valence-electron chi connectivity index (χ2n) is 3.83. The minimum absolute atomic E-state index is 0.0984. The number of rotatable bonds is 8. The quantitative estimate of drug-likeness (QED) is 0.658. The van der Waals surface area contributed by atoms with E-state index in [4.69, 9.17) is 0 Å². The summed E-state index contributed by atoms with van der Waals surface area (Å²) in [6.07, 6.45) is 6.30. The summed E-state index contributed by atoms with van der Waals surface area (Å²) in [4.78, 5) is 12.8. The Bertz CT molecular complexity index is 220. The van der Waals surface area contributed by atoms with Crippen molar-refractivity contribution in [3.05, 3.63) is 11.0 Å². The number of nitrogens with one attached hydrogen (secondary N) is 1. The van der Waals surface area contributed by atoms with Gasteiger partial charge in [-0.2, -0.15) is 0 Å². The third-order valence-corrected chi connectivity index (χ3v) is 3.42. The molecule has 0 aliphatic rings. The monoisotopic (exact) mass is 243 g/mol. The second-order valence-corrected chi connectivity index (χ2v) is 5.14. The molecule has 0 aromatic heterocycles. The van der Waals surface area contributed by atoms with Crippen molar-refractivity contribution in [3.63, 3.8) is 0 Å². The van der Waals surface area contributed by atoms with Crippen molar-refractivity contribution in [2.75, 3.05) is 5.75 Å². The lowest BCUT2D eigenvalue weighted by Crippen LogP contribution is -2.35. The number of carbonyl (C=O) groups excluding carboxylic acids is 1. The third-order valence-electron chi connectivity index (χ3n) is 2.40. The molecule has 3 heteroatoms. The van der Waals surface area contributed by atoms with Crippen LogP contribution in [0.2, 0.25) is 0 Å². The van der Waals surface area contributed by atoms with Crippen molar-refractivity contribution in [2.45, 2.75) is 59.4 Å². The molecule has 0 radical (unpaired) electrons. The molecule has 0 aromatic carbocycles. The van der Waals surface area contributed by atoms with Crippen LogP contribution in [0.3, 0.4) is 0 Å². The zero-order valence-corrected chi connectivity index (χ0v) is 11.8. The van der Waals surface area contributed by atoms with Gasteiger partial charge in [0.15, 0.2) is 0 Å². The minimum Gasteiger partial charge on any atom is -0.349 e. The summed E-state index contributed by atoms with van der Waals surface area (Å²) < 4.78 is 0. The average Bonchev–Trinajstić information content (AvgIpc) is 2.26. The Morgan fingerprint density at radius 1 is 1.25 bits per heavy atom. The molecule has 1 amide bonds. The summed E-state index contributed by atoms with van der Waals surface area (Å²) in [5, 5.41) is 3.13. The Morgan fingerprint density at radius 2 is 1.81 bits per heavy atom. The van der Waals surface area contributed by atoms with Gasteiger partial charge in [0.2, 0.25) is 0 Å². The van der Waals surface area contributed by atoms with E-state index in [1.54, 1.807) is 11.8 Å². The van der Waals surface area contributed by atoms with Gasteiger partial charge in [-0.15, -0.1) is 11.8 Å². The normalized spacial score (nSPS) is 11.9. The molecule has 0 unspecified atom stereocenters. The van der Waals surface area contributed by atoms with E-state index in [2.05, 4.69) is 26.1 Å². The highest BCUT2D eigenvalue weighted by Crippen LogP contribution is 2.16. The molecule has 0 heterocycles. The molecular formula is C13H25NOS. The zero-order valence-electron chi connectivity index (χ0n) is 11.0. The predicted octanol–water partition coefficient (Wildman–Crippen LogP) is 3.73. The Kier molecular flexibility index (Phi) is 9.49. The summed E-state index contributed by atoms with van der Waals surface area (Å²) in [5.41, 5.74) is 0. The summed E-state index contributed by atoms with van der Waals surface area (Å²) in [5.74, 6) is 1.04. The first-order valence-electron chi connectivity index (χ1n) is 6.29. The van der Waals surface area contributed by atoms with Gasteiger partial charge in [0, 0.05) is 6.04 Å². The lowest BCUT2D eigenvalue weighted by molar-refractivity contribution is -0.117. The fraction of sp³-hybridized carbons (Fsp3) is 0.769. The zero-order chi connectivity index (χ0) is 12.4. The van der Waals surface area contributed by atoms with Gasteiger partial charge in [-0.25, -0.2) is 0 Å². The maximum Gasteiger partial charge on any atom is 0.257 e. The average molecular weight is 243 g/mol. The second kappa shape index (κ2) is 9.76. The summed E-state index contributed by atoms with van der Waals surface area (Å²) in [6, 6.07) is 0.343. The lowest BCUT2D eigenvalue weighted by Gasteiger charge is -2.18. The van der Waals surface area contributed by atoms with Crippen LogP contribution in [-0.2, 0) is 4.79 Å². The molecule has 1 N–H and O–H groups in total. The molecule has 0 saturated carbocycles. The maximum absolute atomic E-state index is 11.9. The van der Waals surface area contributed by atoms with Crippen LogP contribution in [0.4, 0.5) is 0 Å².